The van der Waals surface area contributed by atoms with Crippen molar-refractivity contribution < 1.29 is 13.9 Å². The highest BCUT2D eigenvalue weighted by molar-refractivity contribution is 5.46. The molecule has 0 unspecified atom stereocenters. The Morgan fingerprint density at radius 2 is 2.38 bits per heavy atom. The van der Waals surface area contributed by atoms with Gasteiger partial charge in [-0.15, -0.1) is 0 Å². The van der Waals surface area contributed by atoms with Crippen molar-refractivity contribution in [1.29, 1.82) is 0 Å². The summed E-state index contributed by atoms with van der Waals surface area (Å²) in [4.78, 5) is 9.96. The summed E-state index contributed by atoms with van der Waals surface area (Å²) in [6.45, 7) is 0.324. The van der Waals surface area contributed by atoms with E-state index in [1.807, 2.05) is 0 Å². The fraction of sp³-hybridized carbons (Fsp3) is 0.222. The number of ether oxygens (including phenoxy) is 1. The minimum atomic E-state index is -0.423. The predicted octanol–water partition coefficient (Wildman–Crippen LogP) is 1.08. The molecule has 0 fully saturated rings. The van der Waals surface area contributed by atoms with Crippen LogP contribution in [0.4, 0.5) is 4.39 Å². The standard InChI is InChI=1S/C9H10FNO2/c1-13-9-3-2-7(4-8(9)10)5-11-6-12/h2-4,6H,5H2,1H3,(H,11,12). The molecule has 0 heterocycles. The lowest BCUT2D eigenvalue weighted by Crippen LogP contribution is -2.09. The van der Waals surface area contributed by atoms with E-state index >= 15 is 0 Å². The maximum Gasteiger partial charge on any atom is 0.207 e. The summed E-state index contributed by atoms with van der Waals surface area (Å²) in [7, 11) is 1.40. The number of methoxy groups -OCH3 is 1. The lowest BCUT2D eigenvalue weighted by atomic mass is 10.2. The largest absolute Gasteiger partial charge is 0.494 e. The van der Waals surface area contributed by atoms with Gasteiger partial charge in [0.1, 0.15) is 0 Å². The van der Waals surface area contributed by atoms with Crippen LogP contribution in [0.3, 0.4) is 0 Å². The average molecular weight is 183 g/mol. The van der Waals surface area contributed by atoms with Crippen LogP contribution in [0, 0.1) is 5.82 Å². The fourth-order valence-corrected chi connectivity index (χ4v) is 0.979. The molecule has 0 spiro atoms. The highest BCUT2D eigenvalue weighted by atomic mass is 19.1. The van der Waals surface area contributed by atoms with Crippen LogP contribution in [0.1, 0.15) is 5.56 Å². The third kappa shape index (κ3) is 2.43. The zero-order valence-corrected chi connectivity index (χ0v) is 7.21. The topological polar surface area (TPSA) is 38.3 Å². The van der Waals surface area contributed by atoms with Gasteiger partial charge in [-0.1, -0.05) is 6.07 Å². The number of carbonyl (C=O) groups excluding carboxylic acids is 1. The van der Waals surface area contributed by atoms with E-state index in [1.165, 1.54) is 19.2 Å². The first-order valence-corrected chi connectivity index (χ1v) is 3.77. The maximum atomic E-state index is 13.0. The first-order chi connectivity index (χ1) is 6.27. The molecule has 4 heteroatoms. The van der Waals surface area contributed by atoms with Gasteiger partial charge in [0, 0.05) is 6.54 Å². The summed E-state index contributed by atoms with van der Waals surface area (Å²) in [5.41, 5.74) is 0.699. The van der Waals surface area contributed by atoms with Crippen LogP contribution in [-0.4, -0.2) is 13.5 Å². The molecule has 0 aliphatic carbocycles. The molecular weight excluding hydrogens is 173 g/mol. The fourth-order valence-electron chi connectivity index (χ4n) is 0.979. The minimum Gasteiger partial charge on any atom is -0.494 e. The molecule has 70 valence electrons. The Morgan fingerprint density at radius 3 is 2.92 bits per heavy atom. The van der Waals surface area contributed by atoms with E-state index in [0.717, 1.165) is 0 Å². The van der Waals surface area contributed by atoms with Gasteiger partial charge in [-0.25, -0.2) is 4.39 Å². The average Bonchev–Trinajstić information content (AvgIpc) is 2.15. The zero-order valence-electron chi connectivity index (χ0n) is 7.21. The third-order valence-electron chi connectivity index (χ3n) is 1.61. The molecule has 1 aromatic rings. The second kappa shape index (κ2) is 4.45. The Bertz CT molecular complexity index is 302. The summed E-state index contributed by atoms with van der Waals surface area (Å²) < 4.78 is 17.8. The van der Waals surface area contributed by atoms with Gasteiger partial charge < -0.3 is 10.1 Å². The number of hydrogen-bond donors (Lipinski definition) is 1. The Balaban J connectivity index is 2.76. The summed E-state index contributed by atoms with van der Waals surface area (Å²) in [5, 5.41) is 2.44. The molecule has 0 saturated carbocycles. The van der Waals surface area contributed by atoms with E-state index in [9.17, 15) is 9.18 Å². The zero-order chi connectivity index (χ0) is 9.68. The Labute approximate surface area is 75.5 Å². The second-order valence-electron chi connectivity index (χ2n) is 2.47. The van der Waals surface area contributed by atoms with Gasteiger partial charge in [0.2, 0.25) is 6.41 Å². The van der Waals surface area contributed by atoms with Crippen molar-refractivity contribution >= 4 is 6.41 Å². The molecular formula is C9H10FNO2. The molecule has 3 nitrogen and oxygen atoms in total. The van der Waals surface area contributed by atoms with Crippen LogP contribution in [0.5, 0.6) is 5.75 Å². The van der Waals surface area contributed by atoms with E-state index in [4.69, 9.17) is 4.74 Å². The van der Waals surface area contributed by atoms with E-state index in [-0.39, 0.29) is 5.75 Å². The Morgan fingerprint density at radius 1 is 1.62 bits per heavy atom. The van der Waals surface area contributed by atoms with Crippen molar-refractivity contribution in [1.82, 2.24) is 5.32 Å². The van der Waals surface area contributed by atoms with E-state index in [0.29, 0.717) is 18.5 Å². The molecule has 1 rings (SSSR count). The quantitative estimate of drug-likeness (QED) is 0.709. The van der Waals surface area contributed by atoms with Crippen molar-refractivity contribution in [2.45, 2.75) is 6.54 Å². The highest BCUT2D eigenvalue weighted by Crippen LogP contribution is 2.17. The van der Waals surface area contributed by atoms with E-state index < -0.39 is 5.82 Å². The van der Waals surface area contributed by atoms with Gasteiger partial charge in [-0.3, -0.25) is 4.79 Å². The molecule has 0 aliphatic rings. The van der Waals surface area contributed by atoms with Crippen LogP contribution in [0.2, 0.25) is 0 Å². The highest BCUT2D eigenvalue weighted by Gasteiger charge is 2.02. The van der Waals surface area contributed by atoms with Gasteiger partial charge in [-0.2, -0.15) is 0 Å². The molecule has 0 atom stereocenters. The van der Waals surface area contributed by atoms with Crippen LogP contribution in [0.15, 0.2) is 18.2 Å². The third-order valence-corrected chi connectivity index (χ3v) is 1.61. The molecule has 0 saturated heterocycles. The lowest BCUT2D eigenvalue weighted by Gasteiger charge is -2.03. The Hall–Kier alpha value is -1.58. The lowest BCUT2D eigenvalue weighted by molar-refractivity contribution is -0.109. The molecule has 0 aromatic heterocycles. The molecule has 1 N–H and O–H groups in total. The molecule has 0 bridgehead atoms. The summed E-state index contributed by atoms with van der Waals surface area (Å²) in [5.74, 6) is -0.220. The summed E-state index contributed by atoms with van der Waals surface area (Å²) in [6, 6.07) is 4.55. The summed E-state index contributed by atoms with van der Waals surface area (Å²) >= 11 is 0. The molecule has 0 aliphatic heterocycles. The molecule has 1 aromatic carbocycles. The normalized spacial score (nSPS) is 9.38. The van der Waals surface area contributed by atoms with Crippen LogP contribution >= 0.6 is 0 Å². The van der Waals surface area contributed by atoms with E-state index in [2.05, 4.69) is 5.32 Å². The van der Waals surface area contributed by atoms with Gasteiger partial charge >= 0.3 is 0 Å². The van der Waals surface area contributed by atoms with Crippen LogP contribution in [-0.2, 0) is 11.3 Å². The van der Waals surface area contributed by atoms with Gasteiger partial charge in [0.25, 0.3) is 0 Å². The van der Waals surface area contributed by atoms with Crippen molar-refractivity contribution in [2.75, 3.05) is 7.11 Å². The molecule has 0 radical (unpaired) electrons. The van der Waals surface area contributed by atoms with Crippen molar-refractivity contribution in [3.8, 4) is 5.75 Å². The first-order valence-electron chi connectivity index (χ1n) is 3.77. The predicted molar refractivity (Wildman–Crippen MR) is 45.9 cm³/mol. The first kappa shape index (κ1) is 9.51. The van der Waals surface area contributed by atoms with Crippen molar-refractivity contribution in [3.05, 3.63) is 29.6 Å². The van der Waals surface area contributed by atoms with Crippen molar-refractivity contribution in [2.24, 2.45) is 0 Å². The molecule has 13 heavy (non-hydrogen) atoms. The summed E-state index contributed by atoms with van der Waals surface area (Å²) in [6.07, 6.45) is 0.572. The maximum absolute atomic E-state index is 13.0. The smallest absolute Gasteiger partial charge is 0.207 e. The number of halogens is 1. The monoisotopic (exact) mass is 183 g/mol. The number of benzene rings is 1. The Kier molecular flexibility index (Phi) is 3.25. The SMILES string of the molecule is COc1ccc(CNC=O)cc1F. The van der Waals surface area contributed by atoms with Gasteiger partial charge in [0.05, 0.1) is 7.11 Å². The number of amides is 1. The second-order valence-corrected chi connectivity index (χ2v) is 2.47. The van der Waals surface area contributed by atoms with Crippen LogP contribution < -0.4 is 10.1 Å². The number of nitrogens with one attached hydrogen (secondary N) is 1. The van der Waals surface area contributed by atoms with Crippen LogP contribution in [0.25, 0.3) is 0 Å². The number of hydrogen-bond acceptors (Lipinski definition) is 2. The minimum absolute atomic E-state index is 0.204. The van der Waals surface area contributed by atoms with Gasteiger partial charge in [0.15, 0.2) is 11.6 Å². The number of rotatable bonds is 4. The van der Waals surface area contributed by atoms with Gasteiger partial charge in [-0.05, 0) is 17.7 Å². The van der Waals surface area contributed by atoms with E-state index in [1.54, 1.807) is 6.07 Å². The molecule has 1 amide bonds. The number of carbonyl (C=O) groups is 1. The van der Waals surface area contributed by atoms with Crippen molar-refractivity contribution in [3.63, 3.8) is 0 Å².